The van der Waals surface area contributed by atoms with Crippen LogP contribution in [0.1, 0.15) is 28.7 Å². The van der Waals surface area contributed by atoms with Crippen molar-refractivity contribution in [3.8, 4) is 10.9 Å². The SMILES string of the molecule is CCOc1ccccc1N1CC[NH+](CC(=O)c2cc(C)n(-c3nccs3)c2C)CC1. The van der Waals surface area contributed by atoms with E-state index >= 15 is 0 Å². The van der Waals surface area contributed by atoms with Crippen LogP contribution in [-0.4, -0.2) is 54.7 Å². The van der Waals surface area contributed by atoms with E-state index in [0.717, 1.165) is 59.7 Å². The van der Waals surface area contributed by atoms with Crippen LogP contribution in [0.2, 0.25) is 0 Å². The predicted octanol–water partition coefficient (Wildman–Crippen LogP) is 2.54. The lowest BCUT2D eigenvalue weighted by atomic mass is 10.1. The first kappa shape index (κ1) is 20.6. The van der Waals surface area contributed by atoms with E-state index in [2.05, 4.69) is 26.6 Å². The molecule has 2 aromatic heterocycles. The summed E-state index contributed by atoms with van der Waals surface area (Å²) in [4.78, 5) is 21.2. The number of ketones is 1. The maximum absolute atomic E-state index is 13.1. The molecule has 158 valence electrons. The van der Waals surface area contributed by atoms with Crippen LogP contribution in [0.25, 0.3) is 5.13 Å². The van der Waals surface area contributed by atoms with Gasteiger partial charge in [0.05, 0.1) is 38.5 Å². The Morgan fingerprint density at radius 1 is 1.23 bits per heavy atom. The lowest BCUT2D eigenvalue weighted by molar-refractivity contribution is -0.892. The van der Waals surface area contributed by atoms with Crippen molar-refractivity contribution in [2.75, 3.05) is 44.2 Å². The fraction of sp³-hybridized carbons (Fsp3) is 0.391. The van der Waals surface area contributed by atoms with Crippen molar-refractivity contribution in [2.45, 2.75) is 20.8 Å². The number of para-hydroxylation sites is 2. The van der Waals surface area contributed by atoms with Gasteiger partial charge in [-0.25, -0.2) is 4.98 Å². The maximum Gasteiger partial charge on any atom is 0.218 e. The summed E-state index contributed by atoms with van der Waals surface area (Å²) in [5.74, 6) is 1.15. The highest BCUT2D eigenvalue weighted by atomic mass is 32.1. The molecule has 0 aliphatic carbocycles. The minimum Gasteiger partial charge on any atom is -0.492 e. The zero-order chi connectivity index (χ0) is 21.1. The van der Waals surface area contributed by atoms with Gasteiger partial charge in [-0.1, -0.05) is 12.1 Å². The van der Waals surface area contributed by atoms with Crippen LogP contribution in [0, 0.1) is 13.8 Å². The Balaban J connectivity index is 1.40. The highest BCUT2D eigenvalue weighted by molar-refractivity contribution is 7.12. The van der Waals surface area contributed by atoms with E-state index in [0.29, 0.717) is 13.2 Å². The molecule has 1 fully saturated rings. The monoisotopic (exact) mass is 425 g/mol. The quantitative estimate of drug-likeness (QED) is 0.591. The summed E-state index contributed by atoms with van der Waals surface area (Å²) in [6, 6.07) is 10.2. The zero-order valence-electron chi connectivity index (χ0n) is 17.9. The number of benzene rings is 1. The second-order valence-corrected chi connectivity index (χ2v) is 8.55. The summed E-state index contributed by atoms with van der Waals surface area (Å²) in [5, 5.41) is 2.88. The second kappa shape index (κ2) is 9.02. The highest BCUT2D eigenvalue weighted by Gasteiger charge is 2.26. The Hall–Kier alpha value is -2.64. The van der Waals surface area contributed by atoms with Gasteiger partial charge >= 0.3 is 0 Å². The lowest BCUT2D eigenvalue weighted by Crippen LogP contribution is -3.15. The minimum atomic E-state index is 0.212. The van der Waals surface area contributed by atoms with Crippen LogP contribution in [0.3, 0.4) is 0 Å². The summed E-state index contributed by atoms with van der Waals surface area (Å²) < 4.78 is 7.87. The fourth-order valence-corrected chi connectivity index (χ4v) is 4.98. The number of ether oxygens (including phenoxy) is 1. The van der Waals surface area contributed by atoms with Gasteiger partial charge < -0.3 is 14.5 Å². The van der Waals surface area contributed by atoms with Crippen LogP contribution in [0.4, 0.5) is 5.69 Å². The van der Waals surface area contributed by atoms with Crippen molar-refractivity contribution in [1.82, 2.24) is 9.55 Å². The Labute approximate surface area is 181 Å². The molecule has 3 aromatic rings. The molecule has 7 heteroatoms. The molecular formula is C23H29N4O2S+. The number of hydrogen-bond acceptors (Lipinski definition) is 5. The number of quaternary nitrogens is 1. The number of rotatable bonds is 7. The van der Waals surface area contributed by atoms with E-state index in [1.807, 2.05) is 44.4 Å². The third-order valence-electron chi connectivity index (χ3n) is 5.73. The molecule has 0 bridgehead atoms. The molecule has 0 atom stereocenters. The fourth-order valence-electron chi connectivity index (χ4n) is 4.22. The first-order valence-electron chi connectivity index (χ1n) is 10.5. The van der Waals surface area contributed by atoms with Gasteiger partial charge in [-0.05, 0) is 39.0 Å². The number of thiazole rings is 1. The molecule has 1 saturated heterocycles. The van der Waals surface area contributed by atoms with Gasteiger partial charge in [-0.15, -0.1) is 11.3 Å². The summed E-state index contributed by atoms with van der Waals surface area (Å²) in [7, 11) is 0. The number of nitrogens with one attached hydrogen (secondary N) is 1. The number of piperazine rings is 1. The third kappa shape index (κ3) is 4.13. The second-order valence-electron chi connectivity index (χ2n) is 7.67. The van der Waals surface area contributed by atoms with Crippen molar-refractivity contribution >= 4 is 22.8 Å². The Morgan fingerprint density at radius 2 is 2.00 bits per heavy atom. The molecular weight excluding hydrogens is 396 g/mol. The van der Waals surface area contributed by atoms with Crippen LogP contribution in [0.5, 0.6) is 5.75 Å². The third-order valence-corrected chi connectivity index (χ3v) is 6.49. The van der Waals surface area contributed by atoms with E-state index < -0.39 is 0 Å². The smallest absolute Gasteiger partial charge is 0.218 e. The molecule has 0 spiro atoms. The van der Waals surface area contributed by atoms with Gasteiger partial charge in [-0.2, -0.15) is 0 Å². The number of carbonyl (C=O) groups is 1. The topological polar surface area (TPSA) is 51.8 Å². The Bertz CT molecular complexity index is 1000. The molecule has 1 N–H and O–H groups in total. The standard InChI is InChI=1S/C23H28N4O2S/c1-4-29-22-8-6-5-7-20(22)26-12-10-25(11-13-26)16-21(28)19-15-17(2)27(18(19)3)23-24-9-14-30-23/h5-9,14-15H,4,10-13,16H2,1-3H3/p+1. The van der Waals surface area contributed by atoms with Crippen molar-refractivity contribution in [3.63, 3.8) is 0 Å². The normalized spacial score (nSPS) is 14.8. The molecule has 1 aromatic carbocycles. The van der Waals surface area contributed by atoms with E-state index in [9.17, 15) is 4.79 Å². The molecule has 0 unspecified atom stereocenters. The van der Waals surface area contributed by atoms with E-state index in [1.54, 1.807) is 17.5 Å². The molecule has 6 nitrogen and oxygen atoms in total. The van der Waals surface area contributed by atoms with Gasteiger partial charge in [0.15, 0.2) is 5.13 Å². The van der Waals surface area contributed by atoms with Gasteiger partial charge in [0, 0.05) is 28.5 Å². The Kier molecular flexibility index (Phi) is 6.20. The number of anilines is 1. The minimum absolute atomic E-state index is 0.212. The number of nitrogens with zero attached hydrogens (tertiary/aromatic N) is 3. The van der Waals surface area contributed by atoms with Gasteiger partial charge in [0.1, 0.15) is 12.3 Å². The average Bonchev–Trinajstić information content (AvgIpc) is 3.37. The number of hydrogen-bond donors (Lipinski definition) is 1. The number of aromatic nitrogens is 2. The van der Waals surface area contributed by atoms with E-state index in [4.69, 9.17) is 4.74 Å². The molecule has 0 radical (unpaired) electrons. The highest BCUT2D eigenvalue weighted by Crippen LogP contribution is 2.28. The van der Waals surface area contributed by atoms with Crippen molar-refractivity contribution in [1.29, 1.82) is 0 Å². The van der Waals surface area contributed by atoms with E-state index in [-0.39, 0.29) is 5.78 Å². The molecule has 30 heavy (non-hydrogen) atoms. The van der Waals surface area contributed by atoms with Crippen LogP contribution in [-0.2, 0) is 0 Å². The average molecular weight is 426 g/mol. The van der Waals surface area contributed by atoms with Crippen LogP contribution >= 0.6 is 11.3 Å². The summed E-state index contributed by atoms with van der Waals surface area (Å²) >= 11 is 1.59. The summed E-state index contributed by atoms with van der Waals surface area (Å²) in [5.41, 5.74) is 4.00. The molecule has 0 amide bonds. The van der Waals surface area contributed by atoms with Crippen molar-refractivity contribution in [2.24, 2.45) is 0 Å². The molecule has 4 rings (SSSR count). The first-order valence-corrected chi connectivity index (χ1v) is 11.4. The summed E-state index contributed by atoms with van der Waals surface area (Å²) in [6.07, 6.45) is 1.80. The number of aryl methyl sites for hydroxylation is 1. The number of carbonyl (C=O) groups excluding carboxylic acids is 1. The maximum atomic E-state index is 13.1. The Morgan fingerprint density at radius 3 is 2.70 bits per heavy atom. The van der Waals surface area contributed by atoms with Crippen molar-refractivity contribution in [3.05, 3.63) is 58.9 Å². The zero-order valence-corrected chi connectivity index (χ0v) is 18.7. The van der Waals surface area contributed by atoms with Gasteiger partial charge in [0.25, 0.3) is 0 Å². The predicted molar refractivity (Wildman–Crippen MR) is 121 cm³/mol. The van der Waals surface area contributed by atoms with E-state index in [1.165, 1.54) is 4.90 Å². The molecule has 3 heterocycles. The molecule has 0 saturated carbocycles. The summed E-state index contributed by atoms with van der Waals surface area (Å²) in [6.45, 7) is 11.0. The van der Waals surface area contributed by atoms with Gasteiger partial charge in [-0.3, -0.25) is 9.36 Å². The van der Waals surface area contributed by atoms with Crippen molar-refractivity contribution < 1.29 is 14.4 Å². The largest absolute Gasteiger partial charge is 0.492 e. The van der Waals surface area contributed by atoms with Gasteiger partial charge in [0.2, 0.25) is 5.78 Å². The van der Waals surface area contributed by atoms with Crippen LogP contribution in [0.15, 0.2) is 41.9 Å². The number of Topliss-reactive ketones (excluding diaryl/α,β-unsaturated/α-hetero) is 1. The lowest BCUT2D eigenvalue weighted by Gasteiger charge is -2.34. The first-order chi connectivity index (χ1) is 14.6. The molecule has 1 aliphatic rings. The molecule has 1 aliphatic heterocycles. The van der Waals surface area contributed by atoms with Crippen LogP contribution < -0.4 is 14.5 Å².